The van der Waals surface area contributed by atoms with Crippen molar-refractivity contribution in [1.82, 2.24) is 0 Å². The number of aliphatic hydroxyl groups is 1. The minimum atomic E-state index is -0.593. The molecule has 0 spiro atoms. The lowest BCUT2D eigenvalue weighted by molar-refractivity contribution is 0.0241. The Bertz CT molecular complexity index is 482. The highest BCUT2D eigenvalue weighted by Crippen LogP contribution is 2.48. The van der Waals surface area contributed by atoms with E-state index in [4.69, 9.17) is 5.26 Å². The van der Waals surface area contributed by atoms with Gasteiger partial charge in [-0.3, -0.25) is 0 Å². The van der Waals surface area contributed by atoms with Crippen molar-refractivity contribution in [1.29, 1.82) is 5.26 Å². The van der Waals surface area contributed by atoms with Crippen LogP contribution in [0.15, 0.2) is 24.3 Å². The second kappa shape index (κ2) is 4.60. The van der Waals surface area contributed by atoms with Crippen molar-refractivity contribution < 1.29 is 5.11 Å². The van der Waals surface area contributed by atoms with Crippen molar-refractivity contribution in [2.75, 3.05) is 0 Å². The molecule has 94 valence electrons. The van der Waals surface area contributed by atoms with Gasteiger partial charge in [-0.05, 0) is 37.3 Å². The van der Waals surface area contributed by atoms with E-state index < -0.39 is 5.60 Å². The summed E-state index contributed by atoms with van der Waals surface area (Å²) < 4.78 is 0. The third-order valence-corrected chi connectivity index (χ3v) is 5.64. The Labute approximate surface area is 112 Å². The van der Waals surface area contributed by atoms with Gasteiger partial charge in [0.05, 0.1) is 17.2 Å². The molecule has 1 N–H and O–H groups in total. The summed E-state index contributed by atoms with van der Waals surface area (Å²) in [5.74, 6) is 0. The van der Waals surface area contributed by atoms with Gasteiger partial charge in [-0.2, -0.15) is 17.0 Å². The zero-order valence-corrected chi connectivity index (χ0v) is 11.1. The highest BCUT2D eigenvalue weighted by atomic mass is 32.2. The maximum atomic E-state index is 10.8. The lowest BCUT2D eigenvalue weighted by Crippen LogP contribution is -2.39. The quantitative estimate of drug-likeness (QED) is 0.888. The maximum absolute atomic E-state index is 10.8. The van der Waals surface area contributed by atoms with Crippen LogP contribution in [0.25, 0.3) is 0 Å². The Kier molecular flexibility index (Phi) is 3.09. The fraction of sp³-hybridized carbons (Fsp3) is 0.533. The average Bonchev–Trinajstić information content (AvgIpc) is 2.70. The van der Waals surface area contributed by atoms with Gasteiger partial charge in [-0.15, -0.1) is 0 Å². The van der Waals surface area contributed by atoms with Gasteiger partial charge in [0.1, 0.15) is 0 Å². The first-order valence-corrected chi connectivity index (χ1v) is 7.49. The number of fused-ring (bicyclic) bond motifs is 2. The van der Waals surface area contributed by atoms with E-state index in [0.29, 0.717) is 22.5 Å². The summed E-state index contributed by atoms with van der Waals surface area (Å²) in [6, 6.07) is 9.87. The van der Waals surface area contributed by atoms with Crippen LogP contribution in [0.4, 0.5) is 0 Å². The zero-order chi connectivity index (χ0) is 12.6. The first-order valence-electron chi connectivity index (χ1n) is 6.54. The molecule has 0 aromatic heterocycles. The smallest absolute Gasteiger partial charge is 0.0994 e. The molecule has 2 saturated heterocycles. The number of hydrogen-bond donors (Lipinski definition) is 1. The standard InChI is InChI=1S/C15H17NOS/c16-10-12-4-2-1-3-11(12)7-15(17)8-13-5-6-14(9-15)18-13/h1-4,13-14,17H,5-9H2. The van der Waals surface area contributed by atoms with Crippen molar-refractivity contribution in [2.45, 2.75) is 48.2 Å². The fourth-order valence-electron chi connectivity index (χ4n) is 3.29. The Morgan fingerprint density at radius 3 is 2.61 bits per heavy atom. The SMILES string of the molecule is N#Cc1ccccc1CC1(O)CC2CCC(C1)S2. The molecule has 0 radical (unpaired) electrons. The Hall–Kier alpha value is -0.980. The van der Waals surface area contributed by atoms with Gasteiger partial charge >= 0.3 is 0 Å². The molecule has 2 bridgehead atoms. The molecule has 2 aliphatic rings. The van der Waals surface area contributed by atoms with Gasteiger partial charge in [-0.25, -0.2) is 0 Å². The van der Waals surface area contributed by atoms with Gasteiger partial charge in [0.2, 0.25) is 0 Å². The summed E-state index contributed by atoms with van der Waals surface area (Å²) in [5.41, 5.74) is 1.11. The molecule has 2 fully saturated rings. The molecule has 1 aromatic rings. The number of benzene rings is 1. The van der Waals surface area contributed by atoms with Crippen LogP contribution in [0.2, 0.25) is 0 Å². The molecule has 1 aromatic carbocycles. The summed E-state index contributed by atoms with van der Waals surface area (Å²) >= 11 is 2.05. The first kappa shape index (κ1) is 12.1. The van der Waals surface area contributed by atoms with Gasteiger partial charge in [0, 0.05) is 16.9 Å². The van der Waals surface area contributed by atoms with Crippen molar-refractivity contribution in [3.8, 4) is 6.07 Å². The third-order valence-electron chi connectivity index (χ3n) is 4.07. The number of hydrogen-bond acceptors (Lipinski definition) is 3. The molecule has 3 heteroatoms. The molecular formula is C15H17NOS. The number of rotatable bonds is 2. The van der Waals surface area contributed by atoms with Crippen LogP contribution < -0.4 is 0 Å². The van der Waals surface area contributed by atoms with Crippen molar-refractivity contribution >= 4 is 11.8 Å². The van der Waals surface area contributed by atoms with E-state index in [9.17, 15) is 5.11 Å². The predicted octanol–water partition coefficient (Wildman–Crippen LogP) is 2.89. The van der Waals surface area contributed by atoms with Gasteiger partial charge in [0.25, 0.3) is 0 Å². The van der Waals surface area contributed by atoms with E-state index in [2.05, 4.69) is 17.8 Å². The minimum absolute atomic E-state index is 0.593. The van der Waals surface area contributed by atoms with Crippen molar-refractivity contribution in [2.24, 2.45) is 0 Å². The Balaban J connectivity index is 1.81. The Morgan fingerprint density at radius 1 is 1.28 bits per heavy atom. The topological polar surface area (TPSA) is 44.0 Å². The molecule has 18 heavy (non-hydrogen) atoms. The Morgan fingerprint density at radius 2 is 1.94 bits per heavy atom. The number of thioether (sulfide) groups is 1. The second-order valence-electron chi connectivity index (χ2n) is 5.54. The zero-order valence-electron chi connectivity index (χ0n) is 10.3. The third kappa shape index (κ3) is 2.28. The van der Waals surface area contributed by atoms with Crippen LogP contribution in [0.3, 0.4) is 0 Å². The molecule has 2 unspecified atom stereocenters. The molecule has 0 amide bonds. The summed E-state index contributed by atoms with van der Waals surface area (Å²) in [6.45, 7) is 0. The summed E-state index contributed by atoms with van der Waals surface area (Å²) in [7, 11) is 0. The lowest BCUT2D eigenvalue weighted by Gasteiger charge is -2.36. The van der Waals surface area contributed by atoms with E-state index in [0.717, 1.165) is 18.4 Å². The molecular weight excluding hydrogens is 242 g/mol. The van der Waals surface area contributed by atoms with Crippen LogP contribution in [-0.4, -0.2) is 21.2 Å². The first-order chi connectivity index (χ1) is 8.68. The van der Waals surface area contributed by atoms with E-state index in [1.54, 1.807) is 0 Å². The summed E-state index contributed by atoms with van der Waals surface area (Å²) in [5, 5.41) is 21.2. The maximum Gasteiger partial charge on any atom is 0.0994 e. The molecule has 2 aliphatic heterocycles. The molecule has 0 saturated carbocycles. The molecule has 3 rings (SSSR count). The van der Waals surface area contributed by atoms with E-state index in [-0.39, 0.29) is 0 Å². The van der Waals surface area contributed by atoms with Crippen LogP contribution in [-0.2, 0) is 6.42 Å². The van der Waals surface area contributed by atoms with Gasteiger partial charge < -0.3 is 5.11 Å². The normalized spacial score (nSPS) is 34.2. The minimum Gasteiger partial charge on any atom is -0.389 e. The van der Waals surface area contributed by atoms with E-state index >= 15 is 0 Å². The predicted molar refractivity (Wildman–Crippen MR) is 73.4 cm³/mol. The van der Waals surface area contributed by atoms with Crippen LogP contribution >= 0.6 is 11.8 Å². The van der Waals surface area contributed by atoms with Crippen molar-refractivity contribution in [3.63, 3.8) is 0 Å². The molecule has 2 heterocycles. The molecule has 2 atom stereocenters. The largest absolute Gasteiger partial charge is 0.389 e. The van der Waals surface area contributed by atoms with E-state index in [1.807, 2.05) is 24.3 Å². The lowest BCUT2D eigenvalue weighted by atomic mass is 9.85. The van der Waals surface area contributed by atoms with Crippen LogP contribution in [0, 0.1) is 11.3 Å². The number of nitrogens with zero attached hydrogens (tertiary/aromatic N) is 1. The van der Waals surface area contributed by atoms with Gasteiger partial charge in [-0.1, -0.05) is 18.2 Å². The second-order valence-corrected chi connectivity index (χ2v) is 7.14. The monoisotopic (exact) mass is 259 g/mol. The number of nitriles is 1. The molecule has 2 nitrogen and oxygen atoms in total. The van der Waals surface area contributed by atoms with Crippen molar-refractivity contribution in [3.05, 3.63) is 35.4 Å². The van der Waals surface area contributed by atoms with Gasteiger partial charge in [0.15, 0.2) is 0 Å². The van der Waals surface area contributed by atoms with E-state index in [1.165, 1.54) is 12.8 Å². The average molecular weight is 259 g/mol. The summed E-state index contributed by atoms with van der Waals surface area (Å²) in [4.78, 5) is 0. The fourth-order valence-corrected chi connectivity index (χ4v) is 5.20. The summed E-state index contributed by atoms with van der Waals surface area (Å²) in [6.07, 6.45) is 4.89. The molecule has 0 aliphatic carbocycles. The highest BCUT2D eigenvalue weighted by Gasteiger charge is 2.43. The highest BCUT2D eigenvalue weighted by molar-refractivity contribution is 8.00. The van der Waals surface area contributed by atoms with Crippen LogP contribution in [0.1, 0.15) is 36.8 Å². The van der Waals surface area contributed by atoms with Crippen LogP contribution in [0.5, 0.6) is 0 Å².